The third kappa shape index (κ3) is 4.10. The van der Waals surface area contributed by atoms with Gasteiger partial charge in [0.1, 0.15) is 10.5 Å². The number of para-hydroxylation sites is 1. The van der Waals surface area contributed by atoms with Crippen LogP contribution in [0.5, 0.6) is 0 Å². The smallest absolute Gasteiger partial charge is 0.319 e. The number of hydrogen-bond acceptors (Lipinski definition) is 6. The molecule has 34 heavy (non-hydrogen) atoms. The second kappa shape index (κ2) is 9.44. The number of nitrogens with one attached hydrogen (secondary N) is 1. The zero-order valence-electron chi connectivity index (χ0n) is 19.7. The molecule has 178 valence electrons. The van der Waals surface area contributed by atoms with Gasteiger partial charge in [-0.05, 0) is 31.0 Å². The van der Waals surface area contributed by atoms with Crippen molar-refractivity contribution in [3.8, 4) is 0 Å². The summed E-state index contributed by atoms with van der Waals surface area (Å²) >= 11 is 1.76. The number of aromatic nitrogens is 1. The molecule has 0 bridgehead atoms. The molecule has 3 aromatic rings. The first kappa shape index (κ1) is 23.0. The van der Waals surface area contributed by atoms with Gasteiger partial charge in [0.05, 0.1) is 22.9 Å². The van der Waals surface area contributed by atoms with Crippen molar-refractivity contribution in [2.24, 2.45) is 0 Å². The lowest BCUT2D eigenvalue weighted by atomic mass is 9.85. The summed E-state index contributed by atoms with van der Waals surface area (Å²) in [6.45, 7) is 7.94. The molecule has 2 saturated heterocycles. The zero-order chi connectivity index (χ0) is 23.7. The number of hydrogen-bond donors (Lipinski definition) is 1. The fraction of sp³-hybridized carbons (Fsp3) is 0.423. The van der Waals surface area contributed by atoms with Crippen molar-refractivity contribution in [1.29, 1.82) is 0 Å². The van der Waals surface area contributed by atoms with E-state index < -0.39 is 5.54 Å². The van der Waals surface area contributed by atoms with Crippen LogP contribution >= 0.6 is 11.3 Å². The van der Waals surface area contributed by atoms with Gasteiger partial charge in [-0.15, -0.1) is 11.3 Å². The Morgan fingerprint density at radius 3 is 2.44 bits per heavy atom. The lowest BCUT2D eigenvalue weighted by molar-refractivity contribution is -0.133. The molecule has 0 spiro atoms. The normalized spacial score (nSPS) is 22.9. The van der Waals surface area contributed by atoms with Crippen LogP contribution in [0.25, 0.3) is 10.2 Å². The first-order valence-electron chi connectivity index (χ1n) is 12.0. The van der Waals surface area contributed by atoms with Crippen molar-refractivity contribution in [2.75, 3.05) is 32.8 Å². The molecule has 7 nitrogen and oxygen atoms in total. The van der Waals surface area contributed by atoms with Gasteiger partial charge >= 0.3 is 6.03 Å². The highest BCUT2D eigenvalue weighted by molar-refractivity contribution is 7.18. The maximum atomic E-state index is 13.5. The first-order valence-corrected chi connectivity index (χ1v) is 12.8. The largest absolute Gasteiger partial charge is 0.326 e. The van der Waals surface area contributed by atoms with E-state index in [0.29, 0.717) is 13.1 Å². The maximum Gasteiger partial charge on any atom is 0.326 e. The Labute approximate surface area is 204 Å². The Bertz CT molecular complexity index is 1140. The summed E-state index contributed by atoms with van der Waals surface area (Å²) in [6, 6.07) is 17.8. The number of thiazole rings is 1. The number of amides is 3. The number of carbonyl (C=O) groups is 2. The van der Waals surface area contributed by atoms with Crippen LogP contribution in [0.3, 0.4) is 0 Å². The Morgan fingerprint density at radius 1 is 1.03 bits per heavy atom. The van der Waals surface area contributed by atoms with Crippen molar-refractivity contribution >= 4 is 33.5 Å². The van der Waals surface area contributed by atoms with E-state index in [9.17, 15) is 9.59 Å². The van der Waals surface area contributed by atoms with Gasteiger partial charge in [0, 0.05) is 26.2 Å². The number of piperazine rings is 1. The summed E-state index contributed by atoms with van der Waals surface area (Å²) in [7, 11) is 0. The Morgan fingerprint density at radius 2 is 1.74 bits per heavy atom. The fourth-order valence-corrected chi connectivity index (χ4v) is 6.13. The Kier molecular flexibility index (Phi) is 6.38. The summed E-state index contributed by atoms with van der Waals surface area (Å²) < 4.78 is 1.22. The molecule has 0 saturated carbocycles. The van der Waals surface area contributed by atoms with Gasteiger partial charge in [0.2, 0.25) is 0 Å². The summed E-state index contributed by atoms with van der Waals surface area (Å²) in [4.78, 5) is 37.3. The van der Waals surface area contributed by atoms with Gasteiger partial charge in [-0.25, -0.2) is 14.7 Å². The van der Waals surface area contributed by atoms with Crippen LogP contribution in [0, 0.1) is 0 Å². The molecular formula is C26H31N5O2S. The van der Waals surface area contributed by atoms with E-state index >= 15 is 0 Å². The number of fused-ring (bicyclic) bond motifs is 1. The molecule has 1 N–H and O–H groups in total. The highest BCUT2D eigenvalue weighted by Gasteiger charge is 2.52. The summed E-state index contributed by atoms with van der Waals surface area (Å²) in [5.74, 6) is -0.143. The van der Waals surface area contributed by atoms with Gasteiger partial charge in [-0.1, -0.05) is 55.8 Å². The molecule has 1 aromatic heterocycles. The molecule has 0 aliphatic carbocycles. The Hall–Kier alpha value is -2.81. The van der Waals surface area contributed by atoms with Crippen molar-refractivity contribution in [1.82, 2.24) is 25.0 Å². The molecule has 0 unspecified atom stereocenters. The Balaban J connectivity index is 1.23. The lowest BCUT2D eigenvalue weighted by Gasteiger charge is -2.38. The number of carbonyl (C=O) groups excluding carboxylic acids is 2. The molecule has 0 radical (unpaired) electrons. The van der Waals surface area contributed by atoms with Crippen LogP contribution in [-0.2, 0) is 10.3 Å². The minimum atomic E-state index is -0.962. The SMILES string of the molecule is CCC[C@@]1(c2ccccc2)NC(=O)N(CN2CCN([C@@H](C)c3nc4ccccc4s3)CC2)C1=O. The van der Waals surface area contributed by atoms with E-state index in [1.54, 1.807) is 11.3 Å². The average Bonchev–Trinajstić information content (AvgIpc) is 3.40. The minimum Gasteiger partial charge on any atom is -0.319 e. The van der Waals surface area contributed by atoms with Crippen molar-refractivity contribution < 1.29 is 9.59 Å². The molecule has 3 heterocycles. The van der Waals surface area contributed by atoms with Crippen molar-refractivity contribution in [2.45, 2.75) is 38.3 Å². The van der Waals surface area contributed by atoms with Gasteiger partial charge in [-0.2, -0.15) is 0 Å². The van der Waals surface area contributed by atoms with E-state index in [1.807, 2.05) is 43.3 Å². The second-order valence-electron chi connectivity index (χ2n) is 9.18. The van der Waals surface area contributed by atoms with Gasteiger partial charge < -0.3 is 5.32 Å². The second-order valence-corrected chi connectivity index (χ2v) is 10.2. The molecule has 2 aliphatic rings. The summed E-state index contributed by atoms with van der Waals surface area (Å²) in [5, 5.41) is 4.16. The molecule has 2 fully saturated rings. The molecule has 8 heteroatoms. The van der Waals surface area contributed by atoms with Crippen LogP contribution in [0.4, 0.5) is 4.79 Å². The van der Waals surface area contributed by atoms with Crippen molar-refractivity contribution in [3.63, 3.8) is 0 Å². The van der Waals surface area contributed by atoms with Crippen LogP contribution < -0.4 is 5.32 Å². The quantitative estimate of drug-likeness (QED) is 0.517. The monoisotopic (exact) mass is 477 g/mol. The molecular weight excluding hydrogens is 446 g/mol. The van der Waals surface area contributed by atoms with E-state index in [2.05, 4.69) is 40.2 Å². The third-order valence-corrected chi connectivity index (χ3v) is 8.24. The van der Waals surface area contributed by atoms with E-state index in [0.717, 1.165) is 48.7 Å². The van der Waals surface area contributed by atoms with Gasteiger partial charge in [0.25, 0.3) is 5.91 Å². The highest BCUT2D eigenvalue weighted by atomic mass is 32.1. The highest BCUT2D eigenvalue weighted by Crippen LogP contribution is 2.34. The fourth-order valence-electron chi connectivity index (χ4n) is 5.08. The number of urea groups is 1. The third-order valence-electron chi connectivity index (χ3n) is 7.03. The van der Waals surface area contributed by atoms with Crippen LogP contribution in [-0.4, -0.2) is 64.5 Å². The van der Waals surface area contributed by atoms with E-state index in [-0.39, 0.29) is 18.0 Å². The molecule has 2 aromatic carbocycles. The van der Waals surface area contributed by atoms with E-state index in [1.165, 1.54) is 9.60 Å². The average molecular weight is 478 g/mol. The van der Waals surface area contributed by atoms with Crippen LogP contribution in [0.15, 0.2) is 54.6 Å². The molecule has 2 atom stereocenters. The number of rotatable bonds is 7. The van der Waals surface area contributed by atoms with Gasteiger partial charge in [0.15, 0.2) is 0 Å². The minimum absolute atomic E-state index is 0.143. The van der Waals surface area contributed by atoms with Gasteiger partial charge in [-0.3, -0.25) is 14.6 Å². The molecule has 5 rings (SSSR count). The van der Waals surface area contributed by atoms with Crippen LogP contribution in [0.1, 0.15) is 43.3 Å². The summed E-state index contributed by atoms with van der Waals surface area (Å²) in [6.07, 6.45) is 1.39. The number of benzene rings is 2. The zero-order valence-corrected chi connectivity index (χ0v) is 20.6. The first-order chi connectivity index (χ1) is 16.5. The predicted molar refractivity (Wildman–Crippen MR) is 134 cm³/mol. The van der Waals surface area contributed by atoms with Crippen LogP contribution in [0.2, 0.25) is 0 Å². The maximum absolute atomic E-state index is 13.5. The lowest BCUT2D eigenvalue weighted by Crippen LogP contribution is -2.52. The molecule has 3 amide bonds. The number of imide groups is 1. The molecule has 2 aliphatic heterocycles. The van der Waals surface area contributed by atoms with Crippen molar-refractivity contribution in [3.05, 3.63) is 65.2 Å². The van der Waals surface area contributed by atoms with E-state index in [4.69, 9.17) is 4.98 Å². The predicted octanol–water partition coefficient (Wildman–Crippen LogP) is 4.18. The standard InChI is InChI=1S/C26H31N5O2S/c1-3-13-26(20-9-5-4-6-10-20)24(32)31(25(33)28-26)18-29-14-16-30(17-15-29)19(2)23-27-21-11-7-8-12-22(21)34-23/h4-12,19H,3,13-18H2,1-2H3,(H,28,33)/t19-,26-/m0/s1. The number of nitrogens with zero attached hydrogens (tertiary/aromatic N) is 4. The topological polar surface area (TPSA) is 68.8 Å². The summed E-state index contributed by atoms with van der Waals surface area (Å²) in [5.41, 5.74) is 0.948.